The number of benzene rings is 1. The number of likely N-dealkylation sites (tertiary alicyclic amines) is 1. The van der Waals surface area contributed by atoms with Gasteiger partial charge in [0.15, 0.2) is 0 Å². The molecule has 0 amide bonds. The molecular weight excluding hydrogens is 250 g/mol. The van der Waals surface area contributed by atoms with Crippen molar-refractivity contribution in [2.24, 2.45) is 11.8 Å². The number of cyclic esters (lactones) is 1. The molecule has 3 atom stereocenters. The number of nitrogens with zero attached hydrogens (tertiary/aromatic N) is 1. The van der Waals surface area contributed by atoms with Crippen LogP contribution < -0.4 is 0 Å². The van der Waals surface area contributed by atoms with Crippen molar-refractivity contribution in [3.63, 3.8) is 0 Å². The zero-order valence-corrected chi connectivity index (χ0v) is 11.7. The molecule has 3 nitrogen and oxygen atoms in total. The summed E-state index contributed by atoms with van der Waals surface area (Å²) < 4.78 is 5.29. The standard InChI is InChI=1S/C17H21NO2/c19-17-14-9-15(13-7-4-8-13)18(16(14)11-20-17)10-12-5-2-1-3-6-12/h1-3,5-6,13-16H,4,7-11H2/t14-,15?,16-/m0/s1. The first-order chi connectivity index (χ1) is 9.83. The Labute approximate surface area is 119 Å². The summed E-state index contributed by atoms with van der Waals surface area (Å²) in [5, 5.41) is 0. The number of hydrogen-bond acceptors (Lipinski definition) is 3. The van der Waals surface area contributed by atoms with Gasteiger partial charge < -0.3 is 4.74 Å². The van der Waals surface area contributed by atoms with Crippen LogP contribution in [0.5, 0.6) is 0 Å². The smallest absolute Gasteiger partial charge is 0.310 e. The summed E-state index contributed by atoms with van der Waals surface area (Å²) in [6.07, 6.45) is 5.05. The van der Waals surface area contributed by atoms with Crippen molar-refractivity contribution in [2.45, 2.75) is 44.3 Å². The van der Waals surface area contributed by atoms with E-state index in [2.05, 4.69) is 35.2 Å². The summed E-state index contributed by atoms with van der Waals surface area (Å²) in [6.45, 7) is 1.55. The number of rotatable bonds is 3. The molecule has 4 rings (SSSR count). The summed E-state index contributed by atoms with van der Waals surface area (Å²) in [6, 6.07) is 11.5. The van der Waals surface area contributed by atoms with E-state index in [1.807, 2.05) is 0 Å². The van der Waals surface area contributed by atoms with Gasteiger partial charge >= 0.3 is 5.97 Å². The van der Waals surface area contributed by atoms with Crippen LogP contribution in [0.3, 0.4) is 0 Å². The van der Waals surface area contributed by atoms with Crippen LogP contribution in [0.1, 0.15) is 31.2 Å². The first-order valence-corrected chi connectivity index (χ1v) is 7.79. The van der Waals surface area contributed by atoms with Gasteiger partial charge in [0, 0.05) is 12.6 Å². The number of fused-ring (bicyclic) bond motifs is 1. The topological polar surface area (TPSA) is 29.5 Å². The third kappa shape index (κ3) is 1.96. The molecule has 20 heavy (non-hydrogen) atoms. The fourth-order valence-corrected chi connectivity index (χ4v) is 4.09. The Hall–Kier alpha value is -1.35. The van der Waals surface area contributed by atoms with Crippen LogP contribution in [-0.4, -0.2) is 29.6 Å². The van der Waals surface area contributed by atoms with Crippen LogP contribution in [-0.2, 0) is 16.1 Å². The van der Waals surface area contributed by atoms with Crippen LogP contribution >= 0.6 is 0 Å². The molecule has 3 heteroatoms. The fraction of sp³-hybridized carbons (Fsp3) is 0.588. The molecule has 0 spiro atoms. The molecule has 0 N–H and O–H groups in total. The molecule has 1 unspecified atom stereocenters. The number of ether oxygens (including phenoxy) is 1. The normalized spacial score (nSPS) is 33.8. The summed E-state index contributed by atoms with van der Waals surface area (Å²) in [4.78, 5) is 14.4. The average molecular weight is 271 g/mol. The fourth-order valence-electron chi connectivity index (χ4n) is 4.09. The van der Waals surface area contributed by atoms with E-state index in [4.69, 9.17) is 4.74 Å². The molecule has 2 saturated heterocycles. The largest absolute Gasteiger partial charge is 0.464 e. The molecule has 0 aromatic heterocycles. The lowest BCUT2D eigenvalue weighted by Gasteiger charge is -2.38. The SMILES string of the molecule is O=C1OC[C@H]2[C@@H]1CC(C1CCC1)N2Cc1ccccc1. The van der Waals surface area contributed by atoms with E-state index < -0.39 is 0 Å². The number of carbonyl (C=O) groups excluding carboxylic acids is 1. The lowest BCUT2D eigenvalue weighted by atomic mass is 9.78. The van der Waals surface area contributed by atoms with E-state index in [0.717, 1.165) is 18.9 Å². The first-order valence-electron chi connectivity index (χ1n) is 7.79. The summed E-state index contributed by atoms with van der Waals surface area (Å²) >= 11 is 0. The maximum absolute atomic E-state index is 11.9. The van der Waals surface area contributed by atoms with Crippen molar-refractivity contribution in [2.75, 3.05) is 6.61 Å². The van der Waals surface area contributed by atoms with Crippen molar-refractivity contribution in [1.82, 2.24) is 4.90 Å². The van der Waals surface area contributed by atoms with Crippen molar-refractivity contribution in [1.29, 1.82) is 0 Å². The molecule has 2 aliphatic heterocycles. The highest BCUT2D eigenvalue weighted by Gasteiger charge is 2.52. The van der Waals surface area contributed by atoms with Gasteiger partial charge in [0.2, 0.25) is 0 Å². The van der Waals surface area contributed by atoms with Gasteiger partial charge in [-0.15, -0.1) is 0 Å². The predicted octanol–water partition coefficient (Wildman–Crippen LogP) is 2.60. The number of hydrogen-bond donors (Lipinski definition) is 0. The van der Waals surface area contributed by atoms with E-state index in [-0.39, 0.29) is 11.9 Å². The maximum Gasteiger partial charge on any atom is 0.310 e. The van der Waals surface area contributed by atoms with Gasteiger partial charge in [0.25, 0.3) is 0 Å². The third-order valence-electron chi connectivity index (χ3n) is 5.41. The minimum absolute atomic E-state index is 0.0369. The highest BCUT2D eigenvalue weighted by molar-refractivity contribution is 5.76. The average Bonchev–Trinajstić information content (AvgIpc) is 2.92. The van der Waals surface area contributed by atoms with Crippen LogP contribution in [0.2, 0.25) is 0 Å². The Bertz CT molecular complexity index is 497. The molecule has 3 fully saturated rings. The highest BCUT2D eigenvalue weighted by atomic mass is 16.5. The summed E-state index contributed by atoms with van der Waals surface area (Å²) in [7, 11) is 0. The molecule has 0 bridgehead atoms. The van der Waals surface area contributed by atoms with Gasteiger partial charge in [0.1, 0.15) is 6.61 Å². The van der Waals surface area contributed by atoms with E-state index in [0.29, 0.717) is 18.7 Å². The Morgan fingerprint density at radius 1 is 1.15 bits per heavy atom. The number of carbonyl (C=O) groups is 1. The lowest BCUT2D eigenvalue weighted by molar-refractivity contribution is -0.141. The zero-order valence-electron chi connectivity index (χ0n) is 11.7. The molecule has 106 valence electrons. The minimum atomic E-state index is 0.0369. The van der Waals surface area contributed by atoms with Gasteiger partial charge in [-0.05, 0) is 30.7 Å². The van der Waals surface area contributed by atoms with Gasteiger partial charge in [-0.25, -0.2) is 0 Å². The molecule has 0 radical (unpaired) electrons. The zero-order chi connectivity index (χ0) is 13.5. The molecule has 3 aliphatic rings. The second kappa shape index (κ2) is 4.88. The van der Waals surface area contributed by atoms with E-state index in [1.54, 1.807) is 0 Å². The monoisotopic (exact) mass is 271 g/mol. The summed E-state index contributed by atoms with van der Waals surface area (Å²) in [5.74, 6) is 0.969. The minimum Gasteiger partial charge on any atom is -0.464 e. The second-order valence-corrected chi connectivity index (χ2v) is 6.46. The van der Waals surface area contributed by atoms with Crippen molar-refractivity contribution in [3.05, 3.63) is 35.9 Å². The first kappa shape index (κ1) is 12.4. The Morgan fingerprint density at radius 3 is 2.65 bits per heavy atom. The lowest BCUT2D eigenvalue weighted by Crippen LogP contribution is -2.43. The van der Waals surface area contributed by atoms with Gasteiger partial charge in [-0.1, -0.05) is 36.8 Å². The van der Waals surface area contributed by atoms with Crippen molar-refractivity contribution in [3.8, 4) is 0 Å². The van der Waals surface area contributed by atoms with Crippen molar-refractivity contribution < 1.29 is 9.53 Å². The molecule has 1 aliphatic carbocycles. The van der Waals surface area contributed by atoms with Crippen molar-refractivity contribution >= 4 is 5.97 Å². The number of esters is 1. The van der Waals surface area contributed by atoms with Crippen LogP contribution in [0.4, 0.5) is 0 Å². The maximum atomic E-state index is 11.9. The molecule has 1 aromatic carbocycles. The Morgan fingerprint density at radius 2 is 1.95 bits per heavy atom. The predicted molar refractivity (Wildman–Crippen MR) is 76.0 cm³/mol. The Balaban J connectivity index is 1.57. The summed E-state index contributed by atoms with van der Waals surface area (Å²) in [5.41, 5.74) is 1.34. The molecular formula is C17H21NO2. The van der Waals surface area contributed by atoms with Crippen LogP contribution in [0, 0.1) is 11.8 Å². The van der Waals surface area contributed by atoms with Crippen LogP contribution in [0.25, 0.3) is 0 Å². The van der Waals surface area contributed by atoms with Gasteiger partial charge in [-0.2, -0.15) is 0 Å². The molecule has 1 saturated carbocycles. The highest BCUT2D eigenvalue weighted by Crippen LogP contribution is 2.44. The molecule has 2 heterocycles. The quantitative estimate of drug-likeness (QED) is 0.791. The van der Waals surface area contributed by atoms with Gasteiger partial charge in [-0.3, -0.25) is 9.69 Å². The molecule has 1 aromatic rings. The third-order valence-corrected chi connectivity index (χ3v) is 5.41. The van der Waals surface area contributed by atoms with Gasteiger partial charge in [0.05, 0.1) is 12.0 Å². The van der Waals surface area contributed by atoms with E-state index in [9.17, 15) is 4.79 Å². The Kier molecular flexibility index (Phi) is 3.03. The van der Waals surface area contributed by atoms with E-state index in [1.165, 1.54) is 24.8 Å². The van der Waals surface area contributed by atoms with E-state index >= 15 is 0 Å². The van der Waals surface area contributed by atoms with Crippen LogP contribution in [0.15, 0.2) is 30.3 Å². The second-order valence-electron chi connectivity index (χ2n) is 6.46.